The Morgan fingerprint density at radius 1 is 0.760 bits per heavy atom. The molecular formula is C20H46BrNO2Si. The summed E-state index contributed by atoms with van der Waals surface area (Å²) < 4.78 is 13.0. The van der Waals surface area contributed by atoms with Gasteiger partial charge in [-0.05, 0) is 52.0 Å². The van der Waals surface area contributed by atoms with E-state index in [9.17, 15) is 0 Å². The summed E-state index contributed by atoms with van der Waals surface area (Å²) in [6.07, 6.45) is 10.6. The fourth-order valence-corrected chi connectivity index (χ4v) is 5.47. The maximum absolute atomic E-state index is 5.85. The number of halogens is 1. The highest BCUT2D eigenvalue weighted by atomic mass is 79.9. The third-order valence-corrected chi connectivity index (χ3v) is 7.52. The van der Waals surface area contributed by atoms with E-state index in [4.69, 9.17) is 8.85 Å². The predicted molar refractivity (Wildman–Crippen MR) is 109 cm³/mol. The number of unbranched alkanes of at least 4 members (excludes halogenated alkanes) is 2. The number of hydrogen-bond donors (Lipinski definition) is 0. The Kier molecular flexibility index (Phi) is 20.0. The third-order valence-electron chi connectivity index (χ3n) is 5.23. The van der Waals surface area contributed by atoms with Crippen LogP contribution >= 0.6 is 0 Å². The van der Waals surface area contributed by atoms with Crippen LogP contribution in [0.3, 0.4) is 0 Å². The lowest BCUT2D eigenvalue weighted by Crippen LogP contribution is -3.00. The Morgan fingerprint density at radius 2 is 1.28 bits per heavy atom. The van der Waals surface area contributed by atoms with Crippen molar-refractivity contribution in [1.82, 2.24) is 0 Å². The molecule has 0 aliphatic carbocycles. The van der Waals surface area contributed by atoms with E-state index >= 15 is 0 Å². The molecule has 0 rings (SSSR count). The van der Waals surface area contributed by atoms with Crippen LogP contribution in [0, 0.1) is 0 Å². The van der Waals surface area contributed by atoms with Crippen LogP contribution in [-0.4, -0.2) is 53.2 Å². The topological polar surface area (TPSA) is 18.5 Å². The molecule has 3 nitrogen and oxygen atoms in total. The van der Waals surface area contributed by atoms with Gasteiger partial charge in [0, 0.05) is 13.2 Å². The molecule has 0 saturated heterocycles. The molecule has 1 unspecified atom stereocenters. The van der Waals surface area contributed by atoms with Crippen molar-refractivity contribution in [2.24, 2.45) is 0 Å². The third kappa shape index (κ3) is 12.6. The largest absolute Gasteiger partial charge is 1.00 e. The van der Waals surface area contributed by atoms with E-state index in [0.717, 1.165) is 19.3 Å². The van der Waals surface area contributed by atoms with Crippen molar-refractivity contribution in [3.8, 4) is 0 Å². The van der Waals surface area contributed by atoms with Crippen LogP contribution < -0.4 is 17.0 Å². The normalized spacial score (nSPS) is 13.1. The summed E-state index contributed by atoms with van der Waals surface area (Å²) in [4.78, 5) is 0. The summed E-state index contributed by atoms with van der Waals surface area (Å²) in [5, 5.41) is 0. The van der Waals surface area contributed by atoms with Crippen LogP contribution in [0.5, 0.6) is 0 Å². The minimum Gasteiger partial charge on any atom is -1.00 e. The zero-order valence-electron chi connectivity index (χ0n) is 18.0. The number of nitrogens with zero attached hydrogens (tertiary/aromatic N) is 1. The molecule has 0 aliphatic rings. The summed E-state index contributed by atoms with van der Waals surface area (Å²) in [5.74, 6) is 0. The van der Waals surface area contributed by atoms with Gasteiger partial charge in [-0.3, -0.25) is 0 Å². The van der Waals surface area contributed by atoms with Crippen LogP contribution in [0.15, 0.2) is 0 Å². The molecule has 0 spiro atoms. The molecule has 0 N–H and O–H groups in total. The van der Waals surface area contributed by atoms with Gasteiger partial charge < -0.3 is 30.3 Å². The van der Waals surface area contributed by atoms with Crippen LogP contribution in [-0.2, 0) is 8.85 Å². The van der Waals surface area contributed by atoms with Gasteiger partial charge in [0.1, 0.15) is 0 Å². The zero-order chi connectivity index (χ0) is 18.3. The molecule has 154 valence electrons. The summed E-state index contributed by atoms with van der Waals surface area (Å²) >= 11 is 0. The fourth-order valence-electron chi connectivity index (χ4n) is 3.72. The van der Waals surface area contributed by atoms with Gasteiger partial charge in [0.15, 0.2) is 0 Å². The van der Waals surface area contributed by atoms with Gasteiger partial charge in [0.25, 0.3) is 0 Å². The Balaban J connectivity index is 0. The van der Waals surface area contributed by atoms with Crippen LogP contribution in [0.1, 0.15) is 86.0 Å². The number of rotatable bonds is 17. The first-order chi connectivity index (χ1) is 11.6. The van der Waals surface area contributed by atoms with E-state index in [1.54, 1.807) is 0 Å². The number of hydrogen-bond acceptors (Lipinski definition) is 2. The van der Waals surface area contributed by atoms with Crippen molar-refractivity contribution in [1.29, 1.82) is 0 Å². The molecule has 0 aromatic rings. The molecule has 5 heteroatoms. The SMILES string of the molecule is CCCC[N+](C)(CCCC)C(CCC)CCC[SiH](OCC)OCC.[Br-]. The summed E-state index contributed by atoms with van der Waals surface area (Å²) in [6.45, 7) is 15.4. The minimum absolute atomic E-state index is 0. The van der Waals surface area contributed by atoms with Crippen LogP contribution in [0.2, 0.25) is 6.04 Å². The smallest absolute Gasteiger partial charge is 0.321 e. The van der Waals surface area contributed by atoms with E-state index in [1.165, 1.54) is 75.0 Å². The molecule has 1 atom stereocenters. The van der Waals surface area contributed by atoms with E-state index in [0.29, 0.717) is 0 Å². The Morgan fingerprint density at radius 3 is 1.68 bits per heavy atom. The first-order valence-corrected chi connectivity index (χ1v) is 12.4. The van der Waals surface area contributed by atoms with Gasteiger partial charge in [-0.2, -0.15) is 0 Å². The first kappa shape index (κ1) is 27.8. The van der Waals surface area contributed by atoms with Crippen molar-refractivity contribution in [2.45, 2.75) is 98.1 Å². The molecule has 0 amide bonds. The van der Waals surface area contributed by atoms with Crippen LogP contribution in [0.4, 0.5) is 0 Å². The van der Waals surface area contributed by atoms with E-state index < -0.39 is 9.28 Å². The van der Waals surface area contributed by atoms with Gasteiger partial charge in [-0.15, -0.1) is 0 Å². The quantitative estimate of drug-likeness (QED) is 0.255. The minimum atomic E-state index is -1.42. The lowest BCUT2D eigenvalue weighted by Gasteiger charge is -2.42. The lowest BCUT2D eigenvalue weighted by molar-refractivity contribution is -0.934. The van der Waals surface area contributed by atoms with Gasteiger partial charge in [-0.25, -0.2) is 0 Å². The van der Waals surface area contributed by atoms with Crippen molar-refractivity contribution >= 4 is 9.28 Å². The second-order valence-corrected chi connectivity index (χ2v) is 9.45. The Bertz CT molecular complexity index is 268. The standard InChI is InChI=1S/C20H46NO2Si.BrH/c1-7-12-17-21(6,18-13-8-2)20(15-9-3)16-14-19-24(22-10-4)23-11-5;/h20,24H,7-19H2,1-6H3;1H/q+1;/p-1. The lowest BCUT2D eigenvalue weighted by atomic mass is 10.0. The van der Waals surface area contributed by atoms with E-state index in [1.807, 2.05) is 0 Å². The monoisotopic (exact) mass is 439 g/mol. The van der Waals surface area contributed by atoms with Crippen LogP contribution in [0.25, 0.3) is 0 Å². The second kappa shape index (κ2) is 18.0. The van der Waals surface area contributed by atoms with Crippen molar-refractivity contribution < 1.29 is 30.3 Å². The van der Waals surface area contributed by atoms with Crippen molar-refractivity contribution in [3.05, 3.63) is 0 Å². The molecule has 25 heavy (non-hydrogen) atoms. The molecular weight excluding hydrogens is 394 g/mol. The fraction of sp³-hybridized carbons (Fsp3) is 1.00. The molecule has 0 bridgehead atoms. The predicted octanol–water partition coefficient (Wildman–Crippen LogP) is 2.28. The molecule has 0 saturated carbocycles. The molecule has 0 aromatic carbocycles. The average molecular weight is 441 g/mol. The molecule has 0 heterocycles. The van der Waals surface area contributed by atoms with Gasteiger partial charge in [0.2, 0.25) is 0 Å². The highest BCUT2D eigenvalue weighted by Gasteiger charge is 2.31. The first-order valence-electron chi connectivity index (χ1n) is 10.6. The Hall–Kier alpha value is 0.577. The maximum atomic E-state index is 5.85. The second-order valence-electron chi connectivity index (χ2n) is 7.35. The van der Waals surface area contributed by atoms with E-state index in [-0.39, 0.29) is 17.0 Å². The molecule has 0 aliphatic heterocycles. The summed E-state index contributed by atoms with van der Waals surface area (Å²) in [6, 6.07) is 1.98. The number of quaternary nitrogens is 1. The maximum Gasteiger partial charge on any atom is 0.321 e. The van der Waals surface area contributed by atoms with Crippen molar-refractivity contribution in [2.75, 3.05) is 33.4 Å². The summed E-state index contributed by atoms with van der Waals surface area (Å²) in [7, 11) is 1.10. The molecule has 0 radical (unpaired) electrons. The van der Waals surface area contributed by atoms with Gasteiger partial charge in [0.05, 0.1) is 26.2 Å². The van der Waals surface area contributed by atoms with Crippen molar-refractivity contribution in [3.63, 3.8) is 0 Å². The highest BCUT2D eigenvalue weighted by molar-refractivity contribution is 6.44. The highest BCUT2D eigenvalue weighted by Crippen LogP contribution is 2.24. The van der Waals surface area contributed by atoms with E-state index in [2.05, 4.69) is 41.7 Å². The zero-order valence-corrected chi connectivity index (χ0v) is 20.7. The summed E-state index contributed by atoms with van der Waals surface area (Å²) in [5.41, 5.74) is 0. The van der Waals surface area contributed by atoms with Gasteiger partial charge in [-0.1, -0.05) is 40.0 Å². The molecule has 0 aromatic heterocycles. The Labute approximate surface area is 171 Å². The average Bonchev–Trinajstić information content (AvgIpc) is 2.57. The van der Waals surface area contributed by atoms with Gasteiger partial charge >= 0.3 is 9.28 Å². The molecule has 0 fully saturated rings.